The second-order valence-electron chi connectivity index (χ2n) is 5.03. The maximum absolute atomic E-state index is 12.5. The molecule has 1 atom stereocenters. The summed E-state index contributed by atoms with van der Waals surface area (Å²) in [4.78, 5) is 23.5. The molecule has 0 aliphatic heterocycles. The van der Waals surface area contributed by atoms with Crippen LogP contribution in [0.25, 0.3) is 0 Å². The number of aliphatic carboxylic acids is 1. The zero-order chi connectivity index (χ0) is 15.9. The normalized spacial score (nSPS) is 12.0. The lowest BCUT2D eigenvalue weighted by molar-refractivity contribution is -0.137. The molecule has 1 unspecified atom stereocenters. The fraction of sp³-hybridized carbons (Fsp3) is 0.294. The zero-order valence-electron chi connectivity index (χ0n) is 12.4. The Bertz CT molecular complexity index is 617. The summed E-state index contributed by atoms with van der Waals surface area (Å²) in [5, 5.41) is 12.0. The number of rotatable bonds is 8. The van der Waals surface area contributed by atoms with Crippen molar-refractivity contribution < 1.29 is 19.1 Å². The van der Waals surface area contributed by atoms with E-state index in [1.165, 1.54) is 6.26 Å². The molecule has 116 valence electrons. The van der Waals surface area contributed by atoms with Gasteiger partial charge in [-0.05, 0) is 24.1 Å². The average molecular weight is 301 g/mol. The van der Waals surface area contributed by atoms with Crippen LogP contribution in [0.5, 0.6) is 0 Å². The van der Waals surface area contributed by atoms with Crippen molar-refractivity contribution in [3.05, 3.63) is 59.5 Å². The van der Waals surface area contributed by atoms with Gasteiger partial charge in [0, 0.05) is 5.56 Å². The average Bonchev–Trinajstić information content (AvgIpc) is 3.04. The molecule has 0 radical (unpaired) electrons. The van der Waals surface area contributed by atoms with Gasteiger partial charge in [0.2, 0.25) is 0 Å². The number of benzene rings is 1. The molecular weight excluding hydrogens is 282 g/mol. The van der Waals surface area contributed by atoms with Crippen LogP contribution in [0.3, 0.4) is 0 Å². The molecule has 0 fully saturated rings. The van der Waals surface area contributed by atoms with Crippen LogP contribution in [0.4, 0.5) is 0 Å². The van der Waals surface area contributed by atoms with Crippen LogP contribution in [0.2, 0.25) is 0 Å². The van der Waals surface area contributed by atoms with Gasteiger partial charge in [-0.25, -0.2) is 0 Å². The topological polar surface area (TPSA) is 79.5 Å². The predicted octanol–water partition coefficient (Wildman–Crippen LogP) is 2.66. The van der Waals surface area contributed by atoms with Gasteiger partial charge in [-0.1, -0.05) is 31.2 Å². The summed E-state index contributed by atoms with van der Waals surface area (Å²) >= 11 is 0. The smallest absolute Gasteiger partial charge is 0.305 e. The van der Waals surface area contributed by atoms with Crippen molar-refractivity contribution in [2.75, 3.05) is 0 Å². The van der Waals surface area contributed by atoms with E-state index in [2.05, 4.69) is 5.32 Å². The van der Waals surface area contributed by atoms with E-state index in [1.54, 1.807) is 24.3 Å². The van der Waals surface area contributed by atoms with E-state index in [-0.39, 0.29) is 12.2 Å². The van der Waals surface area contributed by atoms with Gasteiger partial charge in [0.25, 0.3) is 0 Å². The molecule has 1 heterocycles. The molecule has 5 heteroatoms. The molecule has 1 aromatic heterocycles. The predicted molar refractivity (Wildman–Crippen MR) is 81.7 cm³/mol. The Morgan fingerprint density at radius 2 is 1.95 bits per heavy atom. The first-order valence-electron chi connectivity index (χ1n) is 7.21. The molecule has 0 saturated carbocycles. The molecule has 0 aliphatic rings. The number of furan rings is 1. The van der Waals surface area contributed by atoms with Crippen molar-refractivity contribution in [2.24, 2.45) is 0 Å². The molecule has 0 aliphatic carbocycles. The van der Waals surface area contributed by atoms with Gasteiger partial charge in [0.15, 0.2) is 5.78 Å². The van der Waals surface area contributed by atoms with E-state index in [9.17, 15) is 9.59 Å². The Morgan fingerprint density at radius 3 is 2.50 bits per heavy atom. The third kappa shape index (κ3) is 4.30. The fourth-order valence-corrected chi connectivity index (χ4v) is 2.18. The molecule has 0 bridgehead atoms. The molecule has 0 saturated heterocycles. The van der Waals surface area contributed by atoms with E-state index >= 15 is 0 Å². The van der Waals surface area contributed by atoms with Gasteiger partial charge in [-0.15, -0.1) is 0 Å². The Labute approximate surface area is 129 Å². The molecule has 1 aromatic carbocycles. The van der Waals surface area contributed by atoms with E-state index in [1.807, 2.05) is 19.1 Å². The minimum atomic E-state index is -1.02. The highest BCUT2D eigenvalue weighted by Crippen LogP contribution is 2.11. The molecule has 2 N–H and O–H groups in total. The Hall–Kier alpha value is -2.40. The van der Waals surface area contributed by atoms with Gasteiger partial charge in [-0.2, -0.15) is 0 Å². The lowest BCUT2D eigenvalue weighted by Gasteiger charge is -2.15. The first kappa shape index (κ1) is 16.0. The van der Waals surface area contributed by atoms with Crippen LogP contribution in [-0.2, 0) is 17.8 Å². The van der Waals surface area contributed by atoms with E-state index < -0.39 is 12.0 Å². The maximum atomic E-state index is 12.5. The van der Waals surface area contributed by atoms with Gasteiger partial charge in [0.1, 0.15) is 5.76 Å². The summed E-state index contributed by atoms with van der Waals surface area (Å²) in [5.74, 6) is -0.586. The number of carbonyl (C=O) groups excluding carboxylic acids is 1. The quantitative estimate of drug-likeness (QED) is 0.733. The number of nitrogens with one attached hydrogen (secondary N) is 1. The number of carboxylic acid groups (broad SMARTS) is 1. The lowest BCUT2D eigenvalue weighted by Crippen LogP contribution is -2.38. The molecule has 22 heavy (non-hydrogen) atoms. The third-order valence-corrected chi connectivity index (χ3v) is 3.44. The van der Waals surface area contributed by atoms with Gasteiger partial charge < -0.3 is 9.52 Å². The number of hydrogen-bond donors (Lipinski definition) is 2. The third-order valence-electron chi connectivity index (χ3n) is 3.44. The summed E-state index contributed by atoms with van der Waals surface area (Å²) in [6.45, 7) is 2.35. The Balaban J connectivity index is 2.08. The number of hydrogen-bond acceptors (Lipinski definition) is 4. The summed E-state index contributed by atoms with van der Waals surface area (Å²) in [7, 11) is 0. The molecule has 2 rings (SSSR count). The van der Waals surface area contributed by atoms with Crippen LogP contribution in [0.1, 0.15) is 35.0 Å². The summed E-state index contributed by atoms with van der Waals surface area (Å²) in [6.07, 6.45) is 2.16. The van der Waals surface area contributed by atoms with Crippen molar-refractivity contribution in [3.8, 4) is 0 Å². The zero-order valence-corrected chi connectivity index (χ0v) is 12.4. The van der Waals surface area contributed by atoms with Crippen LogP contribution >= 0.6 is 0 Å². The van der Waals surface area contributed by atoms with E-state index in [0.717, 1.165) is 12.0 Å². The van der Waals surface area contributed by atoms with Crippen LogP contribution in [0, 0.1) is 0 Å². The Kier molecular flexibility index (Phi) is 5.49. The first-order chi connectivity index (χ1) is 10.6. The monoisotopic (exact) mass is 301 g/mol. The highest BCUT2D eigenvalue weighted by atomic mass is 16.4. The summed E-state index contributed by atoms with van der Waals surface area (Å²) in [6, 6.07) is 9.99. The number of aryl methyl sites for hydroxylation is 1. The SMILES string of the molecule is CCc1ccc(C(=O)C(CC(=O)O)NCc2ccco2)cc1. The molecule has 2 aromatic rings. The first-order valence-corrected chi connectivity index (χ1v) is 7.21. The second-order valence-corrected chi connectivity index (χ2v) is 5.03. The molecule has 0 amide bonds. The largest absolute Gasteiger partial charge is 0.481 e. The Morgan fingerprint density at radius 1 is 1.23 bits per heavy atom. The highest BCUT2D eigenvalue weighted by Gasteiger charge is 2.22. The number of carboxylic acids is 1. The minimum Gasteiger partial charge on any atom is -0.481 e. The number of ketones is 1. The number of Topliss-reactive ketones (excluding diaryl/α,β-unsaturated/α-hetero) is 1. The second kappa shape index (κ2) is 7.56. The van der Waals surface area contributed by atoms with Crippen molar-refractivity contribution >= 4 is 11.8 Å². The van der Waals surface area contributed by atoms with E-state index in [4.69, 9.17) is 9.52 Å². The van der Waals surface area contributed by atoms with Crippen molar-refractivity contribution in [3.63, 3.8) is 0 Å². The van der Waals surface area contributed by atoms with Crippen molar-refractivity contribution in [1.82, 2.24) is 5.32 Å². The lowest BCUT2D eigenvalue weighted by atomic mass is 10.00. The molecular formula is C17H19NO4. The van der Waals surface area contributed by atoms with Crippen LogP contribution in [0.15, 0.2) is 47.1 Å². The fourth-order valence-electron chi connectivity index (χ4n) is 2.18. The van der Waals surface area contributed by atoms with Gasteiger partial charge >= 0.3 is 5.97 Å². The maximum Gasteiger partial charge on any atom is 0.305 e. The minimum absolute atomic E-state index is 0.225. The van der Waals surface area contributed by atoms with E-state index in [0.29, 0.717) is 17.9 Å². The van der Waals surface area contributed by atoms with Crippen molar-refractivity contribution in [1.29, 1.82) is 0 Å². The summed E-state index contributed by atoms with van der Waals surface area (Å²) < 4.78 is 5.18. The number of carbonyl (C=O) groups is 2. The van der Waals surface area contributed by atoms with Gasteiger partial charge in [-0.3, -0.25) is 14.9 Å². The summed E-state index contributed by atoms with van der Waals surface area (Å²) in [5.41, 5.74) is 1.64. The highest BCUT2D eigenvalue weighted by molar-refractivity contribution is 6.01. The molecule has 0 spiro atoms. The standard InChI is InChI=1S/C17H19NO4/c1-2-12-5-7-13(8-6-12)17(21)15(10-16(19)20)18-11-14-4-3-9-22-14/h3-9,15,18H,2,10-11H2,1H3,(H,19,20). The van der Waals surface area contributed by atoms with Crippen LogP contribution in [-0.4, -0.2) is 22.9 Å². The molecule has 5 nitrogen and oxygen atoms in total. The van der Waals surface area contributed by atoms with Crippen molar-refractivity contribution in [2.45, 2.75) is 32.4 Å². The van der Waals surface area contributed by atoms with Crippen LogP contribution < -0.4 is 5.32 Å². The van der Waals surface area contributed by atoms with Gasteiger partial charge in [0.05, 0.1) is 25.3 Å².